The van der Waals surface area contributed by atoms with Crippen molar-refractivity contribution in [3.05, 3.63) is 17.7 Å². The van der Waals surface area contributed by atoms with E-state index in [4.69, 9.17) is 5.26 Å². The summed E-state index contributed by atoms with van der Waals surface area (Å²) >= 11 is 0. The molecule has 0 saturated carbocycles. The first-order valence-corrected chi connectivity index (χ1v) is 6.32. The molecular formula is C12H19N7. The van der Waals surface area contributed by atoms with Gasteiger partial charge in [0.25, 0.3) is 0 Å². The third-order valence-electron chi connectivity index (χ3n) is 3.36. The van der Waals surface area contributed by atoms with Crippen molar-refractivity contribution in [1.29, 1.82) is 5.26 Å². The third kappa shape index (κ3) is 3.23. The quantitative estimate of drug-likeness (QED) is 0.336. The van der Waals surface area contributed by atoms with E-state index < -0.39 is 0 Å². The predicted molar refractivity (Wildman–Crippen MR) is 72.3 cm³/mol. The minimum absolute atomic E-state index is 0.651. The van der Waals surface area contributed by atoms with Crippen LogP contribution in [0.3, 0.4) is 0 Å². The molecule has 0 aliphatic carbocycles. The minimum Gasteiger partial charge on any atom is -0.348 e. The van der Waals surface area contributed by atoms with Crippen LogP contribution in [0, 0.1) is 18.4 Å². The number of rotatable bonds is 2. The van der Waals surface area contributed by atoms with Crippen LogP contribution in [0.1, 0.15) is 11.4 Å². The van der Waals surface area contributed by atoms with Crippen LogP contribution >= 0.6 is 0 Å². The normalized spacial score (nSPS) is 17.3. The van der Waals surface area contributed by atoms with Crippen molar-refractivity contribution in [2.24, 2.45) is 4.99 Å². The van der Waals surface area contributed by atoms with E-state index in [1.165, 1.54) is 0 Å². The lowest BCUT2D eigenvalue weighted by molar-refractivity contribution is 0.171. The summed E-state index contributed by atoms with van der Waals surface area (Å²) in [5, 5.41) is 11.3. The lowest BCUT2D eigenvalue weighted by Gasteiger charge is -2.35. The predicted octanol–water partition coefficient (Wildman–Crippen LogP) is -0.108. The lowest BCUT2D eigenvalue weighted by Crippen LogP contribution is -2.51. The standard InChI is InChI=1S/C12H19N7/c1-10-11(17-9-16-10)7-18-3-5-19(6-4-18)12(14-2)15-8-13/h9H,3-7H2,1-2H3,(H,14,15)(H,16,17). The van der Waals surface area contributed by atoms with Gasteiger partial charge in [0.1, 0.15) is 0 Å². The van der Waals surface area contributed by atoms with Crippen molar-refractivity contribution >= 4 is 5.96 Å². The Hall–Kier alpha value is -2.07. The Morgan fingerprint density at radius 3 is 2.79 bits per heavy atom. The van der Waals surface area contributed by atoms with Crippen molar-refractivity contribution in [2.45, 2.75) is 13.5 Å². The second-order valence-electron chi connectivity index (χ2n) is 4.52. The van der Waals surface area contributed by atoms with Crippen LogP contribution in [0.5, 0.6) is 0 Å². The summed E-state index contributed by atoms with van der Waals surface area (Å²) in [5.41, 5.74) is 2.23. The zero-order valence-electron chi connectivity index (χ0n) is 11.3. The molecule has 7 nitrogen and oxygen atoms in total. The number of H-pyrrole nitrogens is 1. The smallest absolute Gasteiger partial charge is 0.207 e. The summed E-state index contributed by atoms with van der Waals surface area (Å²) in [4.78, 5) is 16.0. The minimum atomic E-state index is 0.651. The number of aryl methyl sites for hydroxylation is 1. The van der Waals surface area contributed by atoms with Crippen LogP contribution in [0.2, 0.25) is 0 Å². The maximum Gasteiger partial charge on any atom is 0.207 e. The van der Waals surface area contributed by atoms with Gasteiger partial charge in [-0.2, -0.15) is 5.26 Å². The number of guanidine groups is 1. The van der Waals surface area contributed by atoms with Gasteiger partial charge in [-0.1, -0.05) is 0 Å². The van der Waals surface area contributed by atoms with E-state index in [0.717, 1.165) is 44.1 Å². The molecule has 0 bridgehead atoms. The molecule has 0 radical (unpaired) electrons. The van der Waals surface area contributed by atoms with E-state index in [2.05, 4.69) is 30.1 Å². The first-order valence-electron chi connectivity index (χ1n) is 6.32. The van der Waals surface area contributed by atoms with E-state index in [-0.39, 0.29) is 0 Å². The van der Waals surface area contributed by atoms with Gasteiger partial charge in [-0.15, -0.1) is 0 Å². The number of hydrogen-bond acceptors (Lipinski definition) is 4. The fourth-order valence-electron chi connectivity index (χ4n) is 2.20. The summed E-state index contributed by atoms with van der Waals surface area (Å²) in [5.74, 6) is 0.651. The number of nitriles is 1. The fraction of sp³-hybridized carbons (Fsp3) is 0.583. The zero-order chi connectivity index (χ0) is 13.7. The summed E-state index contributed by atoms with van der Waals surface area (Å²) in [6.45, 7) is 6.53. The van der Waals surface area contributed by atoms with Crippen LogP contribution in [-0.2, 0) is 6.54 Å². The molecule has 0 aromatic carbocycles. The van der Waals surface area contributed by atoms with Gasteiger partial charge >= 0.3 is 0 Å². The number of hydrogen-bond donors (Lipinski definition) is 2. The van der Waals surface area contributed by atoms with Crippen molar-refractivity contribution in [3.63, 3.8) is 0 Å². The maximum absolute atomic E-state index is 8.66. The third-order valence-corrected chi connectivity index (χ3v) is 3.36. The fourth-order valence-corrected chi connectivity index (χ4v) is 2.20. The van der Waals surface area contributed by atoms with Gasteiger partial charge in [-0.05, 0) is 6.92 Å². The lowest BCUT2D eigenvalue weighted by atomic mass is 10.2. The highest BCUT2D eigenvalue weighted by Crippen LogP contribution is 2.09. The van der Waals surface area contributed by atoms with Gasteiger partial charge in [-0.25, -0.2) is 4.98 Å². The topological polar surface area (TPSA) is 83.3 Å². The van der Waals surface area contributed by atoms with E-state index in [0.29, 0.717) is 5.96 Å². The largest absolute Gasteiger partial charge is 0.348 e. The molecule has 1 aromatic rings. The van der Waals surface area contributed by atoms with Gasteiger partial charge < -0.3 is 9.88 Å². The van der Waals surface area contributed by atoms with Gasteiger partial charge in [-0.3, -0.25) is 15.2 Å². The molecule has 0 spiro atoms. The Labute approximate surface area is 112 Å². The molecule has 7 heteroatoms. The molecule has 1 aliphatic rings. The maximum atomic E-state index is 8.66. The molecule has 19 heavy (non-hydrogen) atoms. The Morgan fingerprint density at radius 1 is 1.53 bits per heavy atom. The summed E-state index contributed by atoms with van der Waals surface area (Å²) in [6.07, 6.45) is 3.66. The SMILES string of the molecule is CN=C(NC#N)N1CCN(Cc2nc[nH]c2C)CC1. The molecule has 1 fully saturated rings. The first kappa shape index (κ1) is 13.4. The molecule has 2 heterocycles. The Bertz CT molecular complexity index is 477. The van der Waals surface area contributed by atoms with E-state index in [9.17, 15) is 0 Å². The zero-order valence-corrected chi connectivity index (χ0v) is 11.3. The van der Waals surface area contributed by atoms with Crippen molar-refractivity contribution in [2.75, 3.05) is 33.2 Å². The van der Waals surface area contributed by atoms with Crippen molar-refractivity contribution < 1.29 is 0 Å². The average Bonchev–Trinajstić information content (AvgIpc) is 2.83. The average molecular weight is 261 g/mol. The molecule has 0 unspecified atom stereocenters. The molecule has 2 rings (SSSR count). The summed E-state index contributed by atoms with van der Waals surface area (Å²) < 4.78 is 0. The monoisotopic (exact) mass is 261 g/mol. The molecule has 1 aliphatic heterocycles. The molecule has 102 valence electrons. The van der Waals surface area contributed by atoms with E-state index >= 15 is 0 Å². The van der Waals surface area contributed by atoms with Crippen molar-refractivity contribution in [3.8, 4) is 6.19 Å². The van der Waals surface area contributed by atoms with Crippen LogP contribution in [0.4, 0.5) is 0 Å². The number of nitrogens with one attached hydrogen (secondary N) is 2. The number of aromatic amines is 1. The van der Waals surface area contributed by atoms with E-state index in [1.807, 2.05) is 13.1 Å². The Kier molecular flexibility index (Phi) is 4.36. The molecule has 1 saturated heterocycles. The molecule has 0 amide bonds. The van der Waals surface area contributed by atoms with Crippen LogP contribution in [0.25, 0.3) is 0 Å². The number of aliphatic imine (C=N–C) groups is 1. The Balaban J connectivity index is 1.86. The molecular weight excluding hydrogens is 242 g/mol. The van der Waals surface area contributed by atoms with Gasteiger partial charge in [0.15, 0.2) is 6.19 Å². The van der Waals surface area contributed by atoms with Crippen LogP contribution < -0.4 is 5.32 Å². The molecule has 1 aromatic heterocycles. The molecule has 0 atom stereocenters. The highest BCUT2D eigenvalue weighted by molar-refractivity contribution is 5.81. The number of nitrogens with zero attached hydrogens (tertiary/aromatic N) is 5. The summed E-state index contributed by atoms with van der Waals surface area (Å²) in [7, 11) is 1.69. The first-order chi connectivity index (χ1) is 9.24. The highest BCUT2D eigenvalue weighted by Gasteiger charge is 2.20. The van der Waals surface area contributed by atoms with Crippen molar-refractivity contribution in [1.82, 2.24) is 25.1 Å². The van der Waals surface area contributed by atoms with Crippen LogP contribution in [-0.4, -0.2) is 59.0 Å². The highest BCUT2D eigenvalue weighted by atomic mass is 15.3. The number of aromatic nitrogens is 2. The Morgan fingerprint density at radius 2 is 2.26 bits per heavy atom. The summed E-state index contributed by atoms with van der Waals surface area (Å²) in [6, 6.07) is 0. The van der Waals surface area contributed by atoms with Gasteiger partial charge in [0.2, 0.25) is 5.96 Å². The number of piperazine rings is 1. The van der Waals surface area contributed by atoms with Crippen LogP contribution in [0.15, 0.2) is 11.3 Å². The second-order valence-corrected chi connectivity index (χ2v) is 4.52. The second kappa shape index (κ2) is 6.20. The van der Waals surface area contributed by atoms with Gasteiger partial charge in [0.05, 0.1) is 12.0 Å². The number of imidazole rings is 1. The molecule has 2 N–H and O–H groups in total. The van der Waals surface area contributed by atoms with E-state index in [1.54, 1.807) is 13.4 Å². The van der Waals surface area contributed by atoms with Gasteiger partial charge in [0, 0.05) is 45.5 Å².